The summed E-state index contributed by atoms with van der Waals surface area (Å²) < 4.78 is 5.82. The molecule has 7 aromatic carbocycles. The first-order valence-electron chi connectivity index (χ1n) is 16.9. The van der Waals surface area contributed by atoms with E-state index in [1.54, 1.807) is 24.3 Å². The average molecular weight is 699 g/mol. The Kier molecular flexibility index (Phi) is 7.18. The molecule has 0 amide bonds. The Balaban J connectivity index is 1.30. The van der Waals surface area contributed by atoms with Crippen LogP contribution in [0.3, 0.4) is 0 Å². The minimum Gasteiger partial charge on any atom is -0.506 e. The van der Waals surface area contributed by atoms with Gasteiger partial charge in [0.2, 0.25) is 5.76 Å². The Morgan fingerprint density at radius 3 is 1.74 bits per heavy atom. The molecule has 258 valence electrons. The summed E-state index contributed by atoms with van der Waals surface area (Å²) in [6.07, 6.45) is -1.87. The molecule has 1 unspecified atom stereocenters. The predicted molar refractivity (Wildman–Crippen MR) is 205 cm³/mol. The van der Waals surface area contributed by atoms with Crippen LogP contribution in [0.5, 0.6) is 5.75 Å². The van der Waals surface area contributed by atoms with Gasteiger partial charge in [-0.15, -0.1) is 0 Å². The zero-order valence-electron chi connectivity index (χ0n) is 27.8. The van der Waals surface area contributed by atoms with Crippen molar-refractivity contribution in [3.63, 3.8) is 0 Å². The molecule has 0 fully saturated rings. The molecule has 53 heavy (non-hydrogen) atoms. The summed E-state index contributed by atoms with van der Waals surface area (Å²) in [5, 5.41) is 81.9. The van der Waals surface area contributed by atoms with Crippen molar-refractivity contribution < 1.29 is 40.5 Å². The molecular formula is C45H30O8. The first-order chi connectivity index (χ1) is 25.7. The van der Waals surface area contributed by atoms with E-state index in [1.165, 1.54) is 0 Å². The van der Waals surface area contributed by atoms with E-state index in [2.05, 4.69) is 6.07 Å². The summed E-state index contributed by atoms with van der Waals surface area (Å²) >= 11 is 0. The van der Waals surface area contributed by atoms with Crippen LogP contribution in [0.1, 0.15) is 11.7 Å². The summed E-state index contributed by atoms with van der Waals surface area (Å²) in [4.78, 5) is 0. The SMILES string of the molecule is OC1=C(O)C(O)=c2c(c(-c3ccc(-c4ccc5ccccc5c4)cc3)c3c(c2-c2ccc(-c4cccc5ccccc45)cc2)C(O)C(O)=C(O)C=3O)O1. The molecular weight excluding hydrogens is 668 g/mol. The van der Waals surface area contributed by atoms with Crippen LogP contribution in [-0.4, -0.2) is 35.7 Å². The quantitative estimate of drug-likeness (QED) is 0.0962. The van der Waals surface area contributed by atoms with E-state index in [4.69, 9.17) is 4.74 Å². The van der Waals surface area contributed by atoms with Gasteiger partial charge in [-0.25, -0.2) is 0 Å². The van der Waals surface area contributed by atoms with E-state index in [0.29, 0.717) is 11.1 Å². The van der Waals surface area contributed by atoms with Crippen LogP contribution < -0.4 is 15.2 Å². The van der Waals surface area contributed by atoms with Crippen LogP contribution in [-0.2, 0) is 0 Å². The predicted octanol–water partition coefficient (Wildman–Crippen LogP) is 9.05. The first-order valence-corrected chi connectivity index (χ1v) is 16.9. The zero-order valence-corrected chi connectivity index (χ0v) is 27.8. The summed E-state index contributed by atoms with van der Waals surface area (Å²) in [5.41, 5.74) is 4.59. The van der Waals surface area contributed by atoms with Crippen LogP contribution in [0, 0.1) is 0 Å². The summed E-state index contributed by atoms with van der Waals surface area (Å²) in [7, 11) is 0. The highest BCUT2D eigenvalue weighted by molar-refractivity contribution is 5.97. The third-order valence-corrected chi connectivity index (χ3v) is 10.1. The number of fused-ring (bicyclic) bond motifs is 4. The van der Waals surface area contributed by atoms with E-state index in [9.17, 15) is 35.7 Å². The van der Waals surface area contributed by atoms with Gasteiger partial charge in [0.25, 0.3) is 0 Å². The van der Waals surface area contributed by atoms with Crippen molar-refractivity contribution in [1.82, 2.24) is 0 Å². The van der Waals surface area contributed by atoms with Crippen molar-refractivity contribution in [1.29, 1.82) is 0 Å². The normalized spacial score (nSPS) is 15.5. The molecule has 1 atom stereocenters. The molecule has 7 N–H and O–H groups in total. The Bertz CT molecular complexity index is 2860. The maximum atomic E-state index is 11.6. The fourth-order valence-corrected chi connectivity index (χ4v) is 7.53. The molecule has 1 aliphatic carbocycles. The van der Waals surface area contributed by atoms with E-state index in [1.807, 2.05) is 103 Å². The smallest absolute Gasteiger partial charge is 0.330 e. The lowest BCUT2D eigenvalue weighted by molar-refractivity contribution is 0.137. The fraction of sp³-hybridized carbons (Fsp3) is 0.0222. The molecule has 0 bridgehead atoms. The van der Waals surface area contributed by atoms with Gasteiger partial charge in [-0.3, -0.25) is 0 Å². The van der Waals surface area contributed by atoms with Gasteiger partial charge in [0, 0.05) is 21.9 Å². The van der Waals surface area contributed by atoms with Crippen LogP contribution in [0.25, 0.3) is 77.6 Å². The van der Waals surface area contributed by atoms with Gasteiger partial charge in [0.05, 0.1) is 5.22 Å². The number of aliphatic hydroxyl groups is 7. The number of rotatable bonds is 4. The molecule has 0 radical (unpaired) electrons. The van der Waals surface area contributed by atoms with E-state index >= 15 is 0 Å². The lowest BCUT2D eigenvalue weighted by atomic mass is 9.82. The number of benzene rings is 7. The van der Waals surface area contributed by atoms with Crippen LogP contribution in [0.15, 0.2) is 157 Å². The van der Waals surface area contributed by atoms with Crippen molar-refractivity contribution in [2.24, 2.45) is 0 Å². The molecule has 9 rings (SSSR count). The van der Waals surface area contributed by atoms with Crippen LogP contribution in [0.4, 0.5) is 0 Å². The molecule has 7 aromatic rings. The van der Waals surface area contributed by atoms with Crippen molar-refractivity contribution in [2.45, 2.75) is 6.10 Å². The molecule has 0 saturated carbocycles. The number of hydrogen-bond donors (Lipinski definition) is 7. The molecule has 8 nitrogen and oxygen atoms in total. The van der Waals surface area contributed by atoms with E-state index in [-0.39, 0.29) is 32.9 Å². The largest absolute Gasteiger partial charge is 0.506 e. The third kappa shape index (κ3) is 4.88. The Morgan fingerprint density at radius 1 is 0.434 bits per heavy atom. The van der Waals surface area contributed by atoms with Gasteiger partial charge in [0.1, 0.15) is 6.10 Å². The van der Waals surface area contributed by atoms with Gasteiger partial charge in [-0.1, -0.05) is 127 Å². The molecule has 8 heteroatoms. The van der Waals surface area contributed by atoms with Crippen molar-refractivity contribution in [2.75, 3.05) is 0 Å². The average Bonchev–Trinajstić information content (AvgIpc) is 3.20. The number of hydrogen-bond acceptors (Lipinski definition) is 8. The van der Waals surface area contributed by atoms with Gasteiger partial charge in [0.15, 0.2) is 28.8 Å². The molecule has 2 aliphatic rings. The van der Waals surface area contributed by atoms with Gasteiger partial charge in [-0.05, 0) is 61.0 Å². The first kappa shape index (κ1) is 31.8. The second kappa shape index (κ2) is 12.0. The van der Waals surface area contributed by atoms with Crippen molar-refractivity contribution in [3.05, 3.63) is 173 Å². The minimum atomic E-state index is -1.87. The summed E-state index contributed by atoms with van der Waals surface area (Å²) in [6.45, 7) is 0. The second-order valence-corrected chi connectivity index (χ2v) is 13.1. The van der Waals surface area contributed by atoms with E-state index in [0.717, 1.165) is 43.8 Å². The Morgan fingerprint density at radius 2 is 1.00 bits per heavy atom. The third-order valence-electron chi connectivity index (χ3n) is 10.1. The van der Waals surface area contributed by atoms with Gasteiger partial charge < -0.3 is 40.5 Å². The maximum Gasteiger partial charge on any atom is 0.330 e. The molecule has 0 aromatic heterocycles. The lowest BCUT2D eigenvalue weighted by Gasteiger charge is -2.28. The van der Waals surface area contributed by atoms with Crippen LogP contribution in [0.2, 0.25) is 0 Å². The monoisotopic (exact) mass is 698 g/mol. The summed E-state index contributed by atoms with van der Waals surface area (Å²) in [6, 6.07) is 42.5. The lowest BCUT2D eigenvalue weighted by Crippen LogP contribution is -2.35. The Hall–Kier alpha value is -7.16. The topological polar surface area (TPSA) is 151 Å². The van der Waals surface area contributed by atoms with Gasteiger partial charge >= 0.3 is 5.95 Å². The minimum absolute atomic E-state index is 0.0626. The van der Waals surface area contributed by atoms with E-state index < -0.39 is 40.8 Å². The molecule has 0 spiro atoms. The molecule has 1 heterocycles. The Labute approximate surface area is 301 Å². The molecule has 0 saturated heterocycles. The van der Waals surface area contributed by atoms with Crippen molar-refractivity contribution in [3.8, 4) is 50.3 Å². The van der Waals surface area contributed by atoms with Crippen molar-refractivity contribution >= 4 is 33.1 Å². The number of ether oxygens (including phenoxy) is 1. The second-order valence-electron chi connectivity index (χ2n) is 13.1. The maximum absolute atomic E-state index is 11.6. The standard InChI is InChI=1S/C45H30O8/c46-38-35-33(27-19-15-26(16-20-27)32-11-5-9-25-7-3-4-10-31(25)32)37-40(48)43(51)45(52)53-44(37)34(36(35)39(47)42(50)41(38)49)28-17-12-24(13-18-28)30-21-14-23-6-1-2-8-29(23)22-30/h1-22,38,46-52H. The zero-order chi connectivity index (χ0) is 36.5. The molecule has 1 aliphatic heterocycles. The van der Waals surface area contributed by atoms with Crippen LogP contribution >= 0.6 is 0 Å². The summed E-state index contributed by atoms with van der Waals surface area (Å²) in [5.74, 6) is -5.43. The highest BCUT2D eigenvalue weighted by atomic mass is 16.6. The number of aliphatic hydroxyl groups excluding tert-OH is 7. The highest BCUT2D eigenvalue weighted by Gasteiger charge is 2.37. The highest BCUT2D eigenvalue weighted by Crippen LogP contribution is 2.41. The fourth-order valence-electron chi connectivity index (χ4n) is 7.53. The van der Waals surface area contributed by atoms with Gasteiger partial charge in [-0.2, -0.15) is 0 Å².